The molecule has 0 radical (unpaired) electrons. The van der Waals surface area contributed by atoms with Crippen molar-refractivity contribution in [1.82, 2.24) is 10.6 Å². The van der Waals surface area contributed by atoms with Crippen molar-refractivity contribution in [3.63, 3.8) is 0 Å². The molecule has 2 atom stereocenters. The molecule has 0 spiro atoms. The number of carbonyl (C=O) groups is 2. The molecule has 4 fully saturated rings. The van der Waals surface area contributed by atoms with Crippen LogP contribution in [0.3, 0.4) is 0 Å². The molecule has 30 heavy (non-hydrogen) atoms. The third kappa shape index (κ3) is 3.67. The summed E-state index contributed by atoms with van der Waals surface area (Å²) < 4.78 is 0. The number of rotatable bonds is 4. The second kappa shape index (κ2) is 7.69. The standard InChI is InChI=1S/C26H36N2O2/c1-16(22-8-7-21-5-3-4-6-23(21)12-22)27-24(29)25(30)28-17(2)26-13-18-9-19(14-26)11-20(10-18)15-26/h7-8,12,16-20H,3-6,9-11,13-15H2,1-2H3,(H,27,29)(H,28,30). The highest BCUT2D eigenvalue weighted by atomic mass is 16.2. The van der Waals surface area contributed by atoms with Gasteiger partial charge >= 0.3 is 11.8 Å². The molecule has 0 saturated heterocycles. The van der Waals surface area contributed by atoms with Gasteiger partial charge in [-0.3, -0.25) is 9.59 Å². The van der Waals surface area contributed by atoms with Crippen LogP contribution in [-0.2, 0) is 22.4 Å². The zero-order chi connectivity index (χ0) is 20.9. The monoisotopic (exact) mass is 408 g/mol. The number of nitrogens with one attached hydrogen (secondary N) is 2. The van der Waals surface area contributed by atoms with Gasteiger partial charge in [-0.15, -0.1) is 0 Å². The Morgan fingerprint density at radius 3 is 2.07 bits per heavy atom. The Labute approximate surface area is 180 Å². The zero-order valence-electron chi connectivity index (χ0n) is 18.5. The molecule has 2 unspecified atom stereocenters. The van der Waals surface area contributed by atoms with E-state index in [4.69, 9.17) is 0 Å². The van der Waals surface area contributed by atoms with E-state index in [1.807, 2.05) is 6.92 Å². The first kappa shape index (κ1) is 20.1. The van der Waals surface area contributed by atoms with Gasteiger partial charge in [0.05, 0.1) is 6.04 Å². The van der Waals surface area contributed by atoms with Crippen molar-refractivity contribution >= 4 is 11.8 Å². The number of fused-ring (bicyclic) bond motifs is 1. The van der Waals surface area contributed by atoms with Crippen molar-refractivity contribution < 1.29 is 9.59 Å². The van der Waals surface area contributed by atoms with E-state index < -0.39 is 11.8 Å². The van der Waals surface area contributed by atoms with Gasteiger partial charge < -0.3 is 10.6 Å². The minimum absolute atomic E-state index is 0.0724. The van der Waals surface area contributed by atoms with Gasteiger partial charge in [0.15, 0.2) is 0 Å². The predicted octanol–water partition coefficient (Wildman–Crippen LogP) is 4.46. The first-order valence-corrected chi connectivity index (χ1v) is 12.1. The van der Waals surface area contributed by atoms with Crippen molar-refractivity contribution in [2.75, 3.05) is 0 Å². The number of hydrogen-bond acceptors (Lipinski definition) is 2. The van der Waals surface area contributed by atoms with E-state index in [9.17, 15) is 9.59 Å². The van der Waals surface area contributed by atoms with Gasteiger partial charge in [0, 0.05) is 6.04 Å². The number of amides is 2. The van der Waals surface area contributed by atoms with Crippen LogP contribution in [-0.4, -0.2) is 17.9 Å². The quantitative estimate of drug-likeness (QED) is 0.723. The Morgan fingerprint density at radius 2 is 1.43 bits per heavy atom. The zero-order valence-corrected chi connectivity index (χ0v) is 18.5. The van der Waals surface area contributed by atoms with E-state index in [1.54, 1.807) is 0 Å². The van der Waals surface area contributed by atoms with E-state index in [1.165, 1.54) is 62.5 Å². The fourth-order valence-corrected chi connectivity index (χ4v) is 7.49. The highest BCUT2D eigenvalue weighted by Gasteiger charge is 2.53. The highest BCUT2D eigenvalue weighted by Crippen LogP contribution is 2.61. The topological polar surface area (TPSA) is 58.2 Å². The lowest BCUT2D eigenvalue weighted by molar-refractivity contribution is -0.142. The molecule has 6 rings (SSSR count). The minimum atomic E-state index is -0.503. The molecule has 1 aromatic rings. The maximum Gasteiger partial charge on any atom is 0.309 e. The summed E-state index contributed by atoms with van der Waals surface area (Å²) in [5, 5.41) is 6.02. The van der Waals surface area contributed by atoms with Crippen LogP contribution in [0.1, 0.15) is 87.9 Å². The summed E-state index contributed by atoms with van der Waals surface area (Å²) in [6, 6.07) is 6.43. The number of benzene rings is 1. The van der Waals surface area contributed by atoms with Crippen LogP contribution < -0.4 is 10.6 Å². The molecule has 4 heteroatoms. The Hall–Kier alpha value is -1.84. The maximum absolute atomic E-state index is 12.7. The van der Waals surface area contributed by atoms with Gasteiger partial charge in [-0.25, -0.2) is 0 Å². The average Bonchev–Trinajstić information content (AvgIpc) is 2.72. The summed E-state index contributed by atoms with van der Waals surface area (Å²) >= 11 is 0. The maximum atomic E-state index is 12.7. The van der Waals surface area contributed by atoms with Crippen molar-refractivity contribution in [3.8, 4) is 0 Å². The van der Waals surface area contributed by atoms with Gasteiger partial charge in [-0.05, 0) is 118 Å². The second-order valence-corrected chi connectivity index (χ2v) is 10.9. The molecular formula is C26H36N2O2. The Kier molecular flexibility index (Phi) is 5.15. The fourth-order valence-electron chi connectivity index (χ4n) is 7.49. The summed E-state index contributed by atoms with van der Waals surface area (Å²) in [5.74, 6) is 1.55. The molecule has 4 bridgehead atoms. The van der Waals surface area contributed by atoms with E-state index >= 15 is 0 Å². The van der Waals surface area contributed by atoms with Gasteiger partial charge in [0.25, 0.3) is 0 Å². The molecular weight excluding hydrogens is 372 g/mol. The van der Waals surface area contributed by atoms with Gasteiger partial charge in [-0.1, -0.05) is 18.2 Å². The minimum Gasteiger partial charge on any atom is -0.345 e. The van der Waals surface area contributed by atoms with Crippen molar-refractivity contribution in [2.24, 2.45) is 23.2 Å². The van der Waals surface area contributed by atoms with Crippen LogP contribution in [0, 0.1) is 23.2 Å². The first-order chi connectivity index (χ1) is 14.4. The summed E-state index contributed by atoms with van der Waals surface area (Å²) in [6.07, 6.45) is 12.6. The third-order valence-electron chi connectivity index (χ3n) is 8.78. The lowest BCUT2D eigenvalue weighted by atomic mass is 9.48. The van der Waals surface area contributed by atoms with Crippen LogP contribution in [0.5, 0.6) is 0 Å². The van der Waals surface area contributed by atoms with Crippen molar-refractivity contribution in [2.45, 2.75) is 90.1 Å². The molecule has 4 nitrogen and oxygen atoms in total. The average molecular weight is 409 g/mol. The molecule has 5 aliphatic carbocycles. The summed E-state index contributed by atoms with van der Waals surface area (Å²) in [5.41, 5.74) is 4.14. The molecule has 0 aliphatic heterocycles. The lowest BCUT2D eigenvalue weighted by Gasteiger charge is -2.59. The molecule has 5 aliphatic rings. The fraction of sp³-hybridized carbons (Fsp3) is 0.692. The summed E-state index contributed by atoms with van der Waals surface area (Å²) in [6.45, 7) is 4.10. The largest absolute Gasteiger partial charge is 0.345 e. The van der Waals surface area contributed by atoms with Crippen LogP contribution in [0.25, 0.3) is 0 Å². The molecule has 2 N–H and O–H groups in total. The Balaban J connectivity index is 1.20. The van der Waals surface area contributed by atoms with Gasteiger partial charge in [0.2, 0.25) is 0 Å². The molecule has 0 heterocycles. The van der Waals surface area contributed by atoms with E-state index in [0.29, 0.717) is 0 Å². The van der Waals surface area contributed by atoms with E-state index in [-0.39, 0.29) is 17.5 Å². The first-order valence-electron chi connectivity index (χ1n) is 12.1. The van der Waals surface area contributed by atoms with Crippen LogP contribution in [0.2, 0.25) is 0 Å². The normalized spacial score (nSPS) is 33.5. The van der Waals surface area contributed by atoms with Crippen molar-refractivity contribution in [1.29, 1.82) is 0 Å². The lowest BCUT2D eigenvalue weighted by Crippen LogP contribution is -2.57. The molecule has 2 amide bonds. The summed E-state index contributed by atoms with van der Waals surface area (Å²) in [4.78, 5) is 25.4. The molecule has 1 aromatic carbocycles. The van der Waals surface area contributed by atoms with Gasteiger partial charge in [-0.2, -0.15) is 0 Å². The second-order valence-electron chi connectivity index (χ2n) is 10.9. The highest BCUT2D eigenvalue weighted by molar-refractivity contribution is 6.35. The third-order valence-corrected chi connectivity index (χ3v) is 8.78. The molecule has 0 aromatic heterocycles. The van der Waals surface area contributed by atoms with Crippen molar-refractivity contribution in [3.05, 3.63) is 34.9 Å². The van der Waals surface area contributed by atoms with E-state index in [0.717, 1.165) is 36.2 Å². The number of aryl methyl sites for hydroxylation is 2. The molecule has 4 saturated carbocycles. The van der Waals surface area contributed by atoms with Crippen LogP contribution in [0.4, 0.5) is 0 Å². The van der Waals surface area contributed by atoms with Crippen LogP contribution in [0.15, 0.2) is 18.2 Å². The van der Waals surface area contributed by atoms with Gasteiger partial charge in [0.1, 0.15) is 0 Å². The summed E-state index contributed by atoms with van der Waals surface area (Å²) in [7, 11) is 0. The smallest absolute Gasteiger partial charge is 0.309 e. The Morgan fingerprint density at radius 1 is 0.867 bits per heavy atom. The molecule has 162 valence electrons. The Bertz CT molecular complexity index is 810. The van der Waals surface area contributed by atoms with Crippen LogP contribution >= 0.6 is 0 Å². The SMILES string of the molecule is CC(NC(=O)C(=O)NC(C)C12CC3CC(CC(C3)C1)C2)c1ccc2c(c1)CCCC2. The van der Waals surface area contributed by atoms with E-state index in [2.05, 4.69) is 35.8 Å². The predicted molar refractivity (Wildman–Crippen MR) is 118 cm³/mol. The number of hydrogen-bond donors (Lipinski definition) is 2. The number of carbonyl (C=O) groups excluding carboxylic acids is 2.